The average molecular weight is 362 g/mol. The van der Waals surface area contributed by atoms with E-state index in [2.05, 4.69) is 30.9 Å². The molecule has 0 radical (unpaired) electrons. The molecule has 2 aromatic carbocycles. The van der Waals surface area contributed by atoms with E-state index < -0.39 is 5.97 Å². The van der Waals surface area contributed by atoms with Gasteiger partial charge in [-0.3, -0.25) is 4.90 Å². The number of rotatable bonds is 9. The molecule has 0 fully saturated rings. The number of halogens is 1. The lowest BCUT2D eigenvalue weighted by Crippen LogP contribution is -2.22. The van der Waals surface area contributed by atoms with Crippen LogP contribution in [0, 0.1) is 0 Å². The van der Waals surface area contributed by atoms with E-state index in [4.69, 9.17) is 21.1 Å². The van der Waals surface area contributed by atoms with Crippen LogP contribution in [0.4, 0.5) is 0 Å². The smallest absolute Gasteiger partial charge is 0.344 e. The van der Waals surface area contributed by atoms with Crippen LogP contribution in [0.15, 0.2) is 48.5 Å². The van der Waals surface area contributed by atoms with Gasteiger partial charge in [0, 0.05) is 6.54 Å². The van der Waals surface area contributed by atoms with Crippen molar-refractivity contribution in [3.05, 3.63) is 64.7 Å². The number of benzene rings is 2. The molecule has 0 bridgehead atoms. The number of carbonyl (C=O) groups is 1. The Morgan fingerprint density at radius 2 is 1.64 bits per heavy atom. The van der Waals surface area contributed by atoms with Crippen molar-refractivity contribution in [1.29, 1.82) is 0 Å². The van der Waals surface area contributed by atoms with Gasteiger partial charge >= 0.3 is 5.97 Å². The Morgan fingerprint density at radius 3 is 2.28 bits per heavy atom. The Kier molecular flexibility index (Phi) is 7.76. The number of esters is 1. The van der Waals surface area contributed by atoms with Crippen LogP contribution in [-0.2, 0) is 22.7 Å². The first-order valence-corrected chi connectivity index (χ1v) is 8.83. The van der Waals surface area contributed by atoms with Gasteiger partial charge in [-0.05, 0) is 36.3 Å². The minimum absolute atomic E-state index is 0.163. The molecule has 0 saturated heterocycles. The van der Waals surface area contributed by atoms with Gasteiger partial charge in [0.1, 0.15) is 12.4 Å². The molecule has 0 aromatic heterocycles. The van der Waals surface area contributed by atoms with Crippen molar-refractivity contribution in [2.24, 2.45) is 0 Å². The van der Waals surface area contributed by atoms with Gasteiger partial charge in [-0.2, -0.15) is 0 Å². The molecule has 0 aliphatic rings. The van der Waals surface area contributed by atoms with Gasteiger partial charge in [-0.1, -0.05) is 61.8 Å². The van der Waals surface area contributed by atoms with E-state index in [0.29, 0.717) is 10.8 Å². The van der Waals surface area contributed by atoms with Gasteiger partial charge in [-0.25, -0.2) is 4.79 Å². The Hall–Kier alpha value is -2.04. The fourth-order valence-electron chi connectivity index (χ4n) is 2.35. The van der Waals surface area contributed by atoms with Crippen LogP contribution in [0.2, 0.25) is 5.02 Å². The highest BCUT2D eigenvalue weighted by molar-refractivity contribution is 6.32. The second-order valence-corrected chi connectivity index (χ2v) is 6.06. The number of para-hydroxylation sites is 1. The Morgan fingerprint density at radius 1 is 1.00 bits per heavy atom. The van der Waals surface area contributed by atoms with Crippen LogP contribution in [-0.4, -0.2) is 30.6 Å². The summed E-state index contributed by atoms with van der Waals surface area (Å²) in [6.07, 6.45) is 0. The number of carbonyl (C=O) groups excluding carboxylic acids is 1. The summed E-state index contributed by atoms with van der Waals surface area (Å²) in [6.45, 7) is 7.37. The SMILES string of the molecule is CCN(CC)Cc1ccc(COC(=O)COc2ccccc2Cl)cc1. The van der Waals surface area contributed by atoms with E-state index in [1.54, 1.807) is 24.3 Å². The van der Waals surface area contributed by atoms with Crippen molar-refractivity contribution < 1.29 is 14.3 Å². The van der Waals surface area contributed by atoms with Gasteiger partial charge in [0.2, 0.25) is 0 Å². The van der Waals surface area contributed by atoms with Gasteiger partial charge < -0.3 is 9.47 Å². The Balaban J connectivity index is 1.77. The molecular weight excluding hydrogens is 338 g/mol. The maximum Gasteiger partial charge on any atom is 0.344 e. The molecule has 5 heteroatoms. The normalized spacial score (nSPS) is 10.7. The topological polar surface area (TPSA) is 38.8 Å². The predicted octanol–water partition coefficient (Wildman–Crippen LogP) is 4.30. The number of ether oxygens (including phenoxy) is 2. The highest BCUT2D eigenvalue weighted by atomic mass is 35.5. The van der Waals surface area contributed by atoms with Crippen LogP contribution in [0.3, 0.4) is 0 Å². The maximum absolute atomic E-state index is 11.8. The summed E-state index contributed by atoms with van der Waals surface area (Å²) >= 11 is 5.97. The fourth-order valence-corrected chi connectivity index (χ4v) is 2.54. The molecule has 0 aliphatic carbocycles. The highest BCUT2D eigenvalue weighted by Gasteiger charge is 2.07. The summed E-state index contributed by atoms with van der Waals surface area (Å²) in [5, 5.41) is 0.471. The van der Waals surface area contributed by atoms with Gasteiger partial charge in [0.25, 0.3) is 0 Å². The largest absolute Gasteiger partial charge is 0.480 e. The van der Waals surface area contributed by atoms with Crippen molar-refractivity contribution >= 4 is 17.6 Å². The van der Waals surface area contributed by atoms with E-state index in [-0.39, 0.29) is 13.2 Å². The van der Waals surface area contributed by atoms with Crippen molar-refractivity contribution in [3.8, 4) is 5.75 Å². The first kappa shape index (κ1) is 19.3. The lowest BCUT2D eigenvalue weighted by molar-refractivity contribution is -0.147. The third-order valence-electron chi connectivity index (χ3n) is 3.91. The molecule has 0 spiro atoms. The molecule has 0 amide bonds. The number of hydrogen-bond acceptors (Lipinski definition) is 4. The standard InChI is InChI=1S/C20H24ClNO3/c1-3-22(4-2)13-16-9-11-17(12-10-16)14-25-20(23)15-24-19-8-6-5-7-18(19)21/h5-12H,3-4,13-15H2,1-2H3. The molecule has 2 aromatic rings. The maximum atomic E-state index is 11.8. The van der Waals surface area contributed by atoms with E-state index >= 15 is 0 Å². The van der Waals surface area contributed by atoms with Crippen LogP contribution < -0.4 is 4.74 Å². The van der Waals surface area contributed by atoms with Crippen molar-refractivity contribution in [2.45, 2.75) is 27.0 Å². The van der Waals surface area contributed by atoms with E-state index in [9.17, 15) is 4.79 Å². The quantitative estimate of drug-likeness (QED) is 0.624. The van der Waals surface area contributed by atoms with Gasteiger partial charge in [0.05, 0.1) is 5.02 Å². The summed E-state index contributed by atoms with van der Waals surface area (Å²) in [5.41, 5.74) is 2.20. The van der Waals surface area contributed by atoms with Crippen LogP contribution in [0.1, 0.15) is 25.0 Å². The molecule has 0 N–H and O–H groups in total. The van der Waals surface area contributed by atoms with Crippen LogP contribution >= 0.6 is 11.6 Å². The molecule has 2 rings (SSSR count). The average Bonchev–Trinajstić information content (AvgIpc) is 2.64. The highest BCUT2D eigenvalue weighted by Crippen LogP contribution is 2.22. The summed E-state index contributed by atoms with van der Waals surface area (Å²) in [6, 6.07) is 15.1. The summed E-state index contributed by atoms with van der Waals surface area (Å²) < 4.78 is 10.6. The second kappa shape index (κ2) is 10.1. The van der Waals surface area contributed by atoms with Crippen molar-refractivity contribution in [3.63, 3.8) is 0 Å². The summed E-state index contributed by atoms with van der Waals surface area (Å²) in [7, 11) is 0. The lowest BCUT2D eigenvalue weighted by atomic mass is 10.1. The zero-order chi connectivity index (χ0) is 18.1. The van der Waals surface area contributed by atoms with Crippen LogP contribution in [0.25, 0.3) is 0 Å². The minimum atomic E-state index is -0.424. The predicted molar refractivity (Wildman–Crippen MR) is 99.8 cm³/mol. The van der Waals surface area contributed by atoms with E-state index in [1.165, 1.54) is 5.56 Å². The van der Waals surface area contributed by atoms with E-state index in [1.807, 2.05) is 12.1 Å². The number of hydrogen-bond donors (Lipinski definition) is 0. The fraction of sp³-hybridized carbons (Fsp3) is 0.350. The monoisotopic (exact) mass is 361 g/mol. The number of nitrogens with zero attached hydrogens (tertiary/aromatic N) is 1. The molecule has 0 aliphatic heterocycles. The van der Waals surface area contributed by atoms with Gasteiger partial charge in [0.15, 0.2) is 6.61 Å². The molecular formula is C20H24ClNO3. The lowest BCUT2D eigenvalue weighted by Gasteiger charge is -2.18. The Bertz CT molecular complexity index is 669. The molecule has 0 heterocycles. The first-order valence-electron chi connectivity index (χ1n) is 8.45. The molecule has 0 unspecified atom stereocenters. The molecule has 25 heavy (non-hydrogen) atoms. The minimum Gasteiger partial charge on any atom is -0.480 e. The molecule has 0 saturated carbocycles. The molecule has 4 nitrogen and oxygen atoms in total. The summed E-state index contributed by atoms with van der Waals surface area (Å²) in [5.74, 6) is 0.0500. The summed E-state index contributed by atoms with van der Waals surface area (Å²) in [4.78, 5) is 14.1. The van der Waals surface area contributed by atoms with Gasteiger partial charge in [-0.15, -0.1) is 0 Å². The van der Waals surface area contributed by atoms with Crippen molar-refractivity contribution in [2.75, 3.05) is 19.7 Å². The zero-order valence-corrected chi connectivity index (χ0v) is 15.5. The second-order valence-electron chi connectivity index (χ2n) is 5.66. The Labute approximate surface area is 154 Å². The molecule has 0 atom stereocenters. The first-order chi connectivity index (χ1) is 12.1. The van der Waals surface area contributed by atoms with E-state index in [0.717, 1.165) is 25.2 Å². The van der Waals surface area contributed by atoms with Crippen LogP contribution in [0.5, 0.6) is 5.75 Å². The zero-order valence-electron chi connectivity index (χ0n) is 14.7. The van der Waals surface area contributed by atoms with Crippen molar-refractivity contribution in [1.82, 2.24) is 4.90 Å². The third-order valence-corrected chi connectivity index (χ3v) is 4.22. The molecule has 134 valence electrons. The third kappa shape index (κ3) is 6.40.